The molecular formula is C22H23F3N3O3+. The number of benzene rings is 2. The number of anilines is 2. The summed E-state index contributed by atoms with van der Waals surface area (Å²) in [5.74, 6) is 0.154. The molecule has 2 amide bonds. The van der Waals surface area contributed by atoms with Crippen molar-refractivity contribution in [2.75, 3.05) is 43.1 Å². The Bertz CT molecular complexity index is 970. The van der Waals surface area contributed by atoms with E-state index < -0.39 is 17.8 Å². The van der Waals surface area contributed by atoms with Crippen molar-refractivity contribution in [1.82, 2.24) is 0 Å². The first-order valence-electron chi connectivity index (χ1n) is 10.1. The number of amides is 2. The second kappa shape index (κ2) is 8.22. The smallest absolute Gasteiger partial charge is 0.416 e. The maximum atomic E-state index is 13.0. The second-order valence-corrected chi connectivity index (χ2v) is 7.72. The largest absolute Gasteiger partial charge is 0.497 e. The lowest BCUT2D eigenvalue weighted by Gasteiger charge is -2.35. The zero-order chi connectivity index (χ0) is 22.2. The van der Waals surface area contributed by atoms with Crippen molar-refractivity contribution in [2.45, 2.75) is 18.6 Å². The van der Waals surface area contributed by atoms with E-state index in [4.69, 9.17) is 4.74 Å². The molecule has 0 radical (unpaired) electrons. The van der Waals surface area contributed by atoms with Crippen molar-refractivity contribution in [1.29, 1.82) is 0 Å². The number of quaternary nitrogens is 1. The number of carbonyl (C=O) groups is 2. The summed E-state index contributed by atoms with van der Waals surface area (Å²) >= 11 is 0. The van der Waals surface area contributed by atoms with E-state index in [9.17, 15) is 22.8 Å². The summed E-state index contributed by atoms with van der Waals surface area (Å²) in [6, 6.07) is 11.6. The maximum absolute atomic E-state index is 13.0. The van der Waals surface area contributed by atoms with Crippen LogP contribution in [0.3, 0.4) is 0 Å². The molecule has 2 aromatic rings. The topological polar surface area (TPSA) is 54.3 Å². The van der Waals surface area contributed by atoms with Crippen molar-refractivity contribution in [3.63, 3.8) is 0 Å². The average Bonchev–Trinajstić information content (AvgIpc) is 3.07. The van der Waals surface area contributed by atoms with Crippen molar-refractivity contribution in [2.24, 2.45) is 0 Å². The molecule has 0 saturated carbocycles. The van der Waals surface area contributed by atoms with Gasteiger partial charge in [-0.25, -0.2) is 4.90 Å². The Morgan fingerprint density at radius 3 is 2.29 bits per heavy atom. The molecule has 4 rings (SSSR count). The number of hydrogen-bond acceptors (Lipinski definition) is 4. The van der Waals surface area contributed by atoms with Crippen LogP contribution in [0.2, 0.25) is 0 Å². The number of imide groups is 1. The van der Waals surface area contributed by atoms with Gasteiger partial charge in [0.2, 0.25) is 5.91 Å². The molecule has 164 valence electrons. The zero-order valence-electron chi connectivity index (χ0n) is 17.0. The molecule has 2 saturated heterocycles. The number of nitrogens with zero attached hydrogens (tertiary/aromatic N) is 2. The Morgan fingerprint density at radius 2 is 1.68 bits per heavy atom. The molecule has 2 aromatic carbocycles. The minimum atomic E-state index is -4.38. The fourth-order valence-electron chi connectivity index (χ4n) is 4.23. The van der Waals surface area contributed by atoms with E-state index in [1.807, 2.05) is 4.90 Å². The standard InChI is InChI=1S/C22H22F3N3O3/c1-31-18-7-5-16(6-8-18)28-20(29)14-19(21(28)30)27-11-9-26(10-12-27)17-4-2-3-15(13-17)22(23,24)25/h2-8,13,19H,9-12,14H2,1H3/p+1/t19-/m1/s1. The van der Waals surface area contributed by atoms with Crippen molar-refractivity contribution in [3.05, 3.63) is 54.1 Å². The Labute approximate surface area is 177 Å². The highest BCUT2D eigenvalue weighted by atomic mass is 19.4. The molecule has 2 fully saturated rings. The first-order valence-corrected chi connectivity index (χ1v) is 10.1. The molecule has 31 heavy (non-hydrogen) atoms. The van der Waals surface area contributed by atoms with Crippen LogP contribution in [0.15, 0.2) is 48.5 Å². The summed E-state index contributed by atoms with van der Waals surface area (Å²) in [7, 11) is 1.54. The van der Waals surface area contributed by atoms with Gasteiger partial charge in [-0.1, -0.05) is 6.07 Å². The molecule has 0 aromatic heterocycles. The SMILES string of the molecule is COc1ccc(N2C(=O)C[C@@H]([NH+]3CCN(c4cccc(C(F)(F)F)c4)CC3)C2=O)cc1. The van der Waals surface area contributed by atoms with Gasteiger partial charge in [0, 0.05) is 5.69 Å². The Morgan fingerprint density at radius 1 is 1.00 bits per heavy atom. The number of nitrogens with one attached hydrogen (secondary N) is 1. The monoisotopic (exact) mass is 434 g/mol. The third-order valence-electron chi connectivity index (χ3n) is 5.91. The van der Waals surface area contributed by atoms with Crippen LogP contribution in [-0.2, 0) is 15.8 Å². The first kappa shape index (κ1) is 21.2. The van der Waals surface area contributed by atoms with Gasteiger partial charge < -0.3 is 14.5 Å². The van der Waals surface area contributed by atoms with Crippen molar-refractivity contribution in [3.8, 4) is 5.75 Å². The van der Waals surface area contributed by atoms with Crippen LogP contribution < -0.4 is 19.4 Å². The van der Waals surface area contributed by atoms with Gasteiger partial charge in [-0.3, -0.25) is 9.59 Å². The van der Waals surface area contributed by atoms with E-state index in [1.165, 1.54) is 11.0 Å². The number of carbonyl (C=O) groups excluding carboxylic acids is 2. The molecule has 6 nitrogen and oxygen atoms in total. The number of halogens is 3. The van der Waals surface area contributed by atoms with Crippen molar-refractivity contribution < 1.29 is 32.4 Å². The molecule has 2 aliphatic heterocycles. The molecule has 2 heterocycles. The minimum Gasteiger partial charge on any atom is -0.497 e. The second-order valence-electron chi connectivity index (χ2n) is 7.72. The Balaban J connectivity index is 1.42. The summed E-state index contributed by atoms with van der Waals surface area (Å²) in [4.78, 5) is 29.6. The van der Waals surface area contributed by atoms with E-state index in [1.54, 1.807) is 37.4 Å². The van der Waals surface area contributed by atoms with E-state index in [0.29, 0.717) is 43.3 Å². The zero-order valence-corrected chi connectivity index (χ0v) is 17.0. The van der Waals surface area contributed by atoms with Gasteiger partial charge >= 0.3 is 6.18 Å². The molecule has 0 spiro atoms. The van der Waals surface area contributed by atoms with Crippen LogP contribution in [0.5, 0.6) is 5.75 Å². The lowest BCUT2D eigenvalue weighted by atomic mass is 10.1. The summed E-state index contributed by atoms with van der Waals surface area (Å²) in [6.45, 7) is 2.15. The minimum absolute atomic E-state index is 0.129. The average molecular weight is 434 g/mol. The summed E-state index contributed by atoms with van der Waals surface area (Å²) in [5, 5.41) is 0. The fourth-order valence-corrected chi connectivity index (χ4v) is 4.23. The number of methoxy groups -OCH3 is 1. The van der Waals surface area contributed by atoms with Gasteiger partial charge in [-0.15, -0.1) is 0 Å². The van der Waals surface area contributed by atoms with Crippen LogP contribution in [0, 0.1) is 0 Å². The van der Waals surface area contributed by atoms with Crippen LogP contribution in [0.4, 0.5) is 24.5 Å². The molecule has 1 N–H and O–H groups in total. The van der Waals surface area contributed by atoms with Crippen LogP contribution in [0.1, 0.15) is 12.0 Å². The molecule has 0 unspecified atom stereocenters. The van der Waals surface area contributed by atoms with E-state index in [0.717, 1.165) is 17.0 Å². The number of rotatable bonds is 4. The van der Waals surface area contributed by atoms with E-state index in [-0.39, 0.29) is 18.2 Å². The van der Waals surface area contributed by atoms with Gasteiger partial charge in [-0.05, 0) is 42.5 Å². The molecular weight excluding hydrogens is 411 g/mol. The molecule has 9 heteroatoms. The molecule has 2 aliphatic rings. The van der Waals surface area contributed by atoms with Gasteiger partial charge in [0.1, 0.15) is 5.75 Å². The highest BCUT2D eigenvalue weighted by Gasteiger charge is 2.46. The third kappa shape index (κ3) is 4.23. The fraction of sp³-hybridized carbons (Fsp3) is 0.364. The maximum Gasteiger partial charge on any atom is 0.416 e. The molecule has 0 bridgehead atoms. The number of ether oxygens (including phenoxy) is 1. The lowest BCUT2D eigenvalue weighted by Crippen LogP contribution is -3.19. The van der Waals surface area contributed by atoms with Gasteiger partial charge in [-0.2, -0.15) is 13.2 Å². The van der Waals surface area contributed by atoms with Gasteiger partial charge in [0.25, 0.3) is 5.91 Å². The summed E-state index contributed by atoms with van der Waals surface area (Å²) in [5.41, 5.74) is 0.356. The predicted octanol–water partition coefficient (Wildman–Crippen LogP) is 1.75. The molecule has 1 atom stereocenters. The van der Waals surface area contributed by atoms with Crippen LogP contribution in [0.25, 0.3) is 0 Å². The summed E-state index contributed by atoms with van der Waals surface area (Å²) in [6.07, 6.45) is -4.26. The number of piperazine rings is 1. The number of hydrogen-bond donors (Lipinski definition) is 1. The van der Waals surface area contributed by atoms with E-state index in [2.05, 4.69) is 0 Å². The first-order chi connectivity index (χ1) is 14.8. The normalized spacial score (nSPS) is 20.5. The van der Waals surface area contributed by atoms with E-state index >= 15 is 0 Å². The third-order valence-corrected chi connectivity index (χ3v) is 5.91. The van der Waals surface area contributed by atoms with Crippen LogP contribution >= 0.6 is 0 Å². The lowest BCUT2D eigenvalue weighted by molar-refractivity contribution is -0.915. The van der Waals surface area contributed by atoms with Gasteiger partial charge in [0.15, 0.2) is 6.04 Å². The predicted molar refractivity (Wildman–Crippen MR) is 108 cm³/mol. The quantitative estimate of drug-likeness (QED) is 0.746. The Kier molecular flexibility index (Phi) is 5.62. The molecule has 0 aliphatic carbocycles. The number of alkyl halides is 3. The van der Waals surface area contributed by atoms with Gasteiger partial charge in [0.05, 0.1) is 51.0 Å². The summed E-state index contributed by atoms with van der Waals surface area (Å²) < 4.78 is 44.1. The van der Waals surface area contributed by atoms with Crippen molar-refractivity contribution >= 4 is 23.2 Å². The highest BCUT2D eigenvalue weighted by molar-refractivity contribution is 6.21. The van der Waals surface area contributed by atoms with Crippen LogP contribution in [-0.4, -0.2) is 51.1 Å². The highest BCUT2D eigenvalue weighted by Crippen LogP contribution is 2.31. The Hall–Kier alpha value is -3.07.